The van der Waals surface area contributed by atoms with Crippen molar-refractivity contribution in [3.05, 3.63) is 40.8 Å². The molecule has 4 nitrogen and oxygen atoms in total. The first-order valence-electron chi connectivity index (χ1n) is 5.89. The summed E-state index contributed by atoms with van der Waals surface area (Å²) in [6, 6.07) is 9.78. The van der Waals surface area contributed by atoms with Gasteiger partial charge in [0.2, 0.25) is 0 Å². The van der Waals surface area contributed by atoms with E-state index in [2.05, 4.69) is 11.1 Å². The Bertz CT molecular complexity index is 665. The number of fused-ring (bicyclic) bond motifs is 1. The van der Waals surface area contributed by atoms with Gasteiger partial charge in [0.15, 0.2) is 0 Å². The Balaban J connectivity index is 2.42. The molecule has 0 saturated heterocycles. The quantitative estimate of drug-likeness (QED) is 0.828. The first-order valence-corrected chi connectivity index (χ1v) is 5.89. The van der Waals surface area contributed by atoms with Crippen molar-refractivity contribution < 1.29 is 0 Å². The van der Waals surface area contributed by atoms with Gasteiger partial charge in [0.25, 0.3) is 5.56 Å². The molecule has 0 amide bonds. The summed E-state index contributed by atoms with van der Waals surface area (Å²) in [5.41, 5.74) is 1.07. The highest BCUT2D eigenvalue weighted by atomic mass is 16.1. The van der Waals surface area contributed by atoms with E-state index >= 15 is 0 Å². The van der Waals surface area contributed by atoms with Gasteiger partial charge >= 0.3 is 0 Å². The molecule has 0 aliphatic rings. The van der Waals surface area contributed by atoms with E-state index in [-0.39, 0.29) is 5.56 Å². The fourth-order valence-electron chi connectivity index (χ4n) is 1.79. The molecule has 0 radical (unpaired) electrons. The highest BCUT2D eigenvalue weighted by Crippen LogP contribution is 2.20. The van der Waals surface area contributed by atoms with Crippen LogP contribution >= 0.6 is 0 Å². The largest absolute Gasteiger partial charge is 0.305 e. The number of nitrogens with zero attached hydrogens (tertiary/aromatic N) is 3. The number of hydrogen-bond donors (Lipinski definition) is 0. The Morgan fingerprint density at radius 1 is 1.39 bits per heavy atom. The molecule has 0 fully saturated rings. The molecule has 0 saturated carbocycles. The Kier molecular flexibility index (Phi) is 3.15. The summed E-state index contributed by atoms with van der Waals surface area (Å²) >= 11 is 0. The van der Waals surface area contributed by atoms with Crippen LogP contribution in [0.25, 0.3) is 11.0 Å². The number of aryl methyl sites for hydroxylation is 1. The van der Waals surface area contributed by atoms with Gasteiger partial charge in [0.1, 0.15) is 0 Å². The van der Waals surface area contributed by atoms with Crippen LogP contribution in [0.15, 0.2) is 35.3 Å². The van der Waals surface area contributed by atoms with Gasteiger partial charge < -0.3 is 4.57 Å². The molecule has 2 aromatic rings. The average molecular weight is 241 g/mol. The minimum atomic E-state index is -0.427. The SMILES string of the molecule is CC(C)(C#N)CCn1c(=O)cnc2ccccc21. The van der Waals surface area contributed by atoms with Crippen molar-refractivity contribution in [3.8, 4) is 6.07 Å². The van der Waals surface area contributed by atoms with Gasteiger partial charge in [-0.1, -0.05) is 12.1 Å². The molecule has 2 rings (SSSR count). The van der Waals surface area contributed by atoms with Crippen LogP contribution < -0.4 is 5.56 Å². The summed E-state index contributed by atoms with van der Waals surface area (Å²) < 4.78 is 1.68. The highest BCUT2D eigenvalue weighted by Gasteiger charge is 2.17. The van der Waals surface area contributed by atoms with Gasteiger partial charge in [-0.25, -0.2) is 4.98 Å². The Morgan fingerprint density at radius 2 is 2.11 bits per heavy atom. The summed E-state index contributed by atoms with van der Waals surface area (Å²) in [5, 5.41) is 9.00. The second-order valence-electron chi connectivity index (χ2n) is 4.98. The predicted octanol–water partition coefficient (Wildman–Crippen LogP) is 2.34. The summed E-state index contributed by atoms with van der Waals surface area (Å²) in [4.78, 5) is 16.0. The van der Waals surface area contributed by atoms with E-state index < -0.39 is 5.41 Å². The molecule has 0 atom stereocenters. The van der Waals surface area contributed by atoms with Crippen LogP contribution in [0.2, 0.25) is 0 Å². The summed E-state index contributed by atoms with van der Waals surface area (Å²) in [5.74, 6) is 0. The molecule has 0 aliphatic carbocycles. The van der Waals surface area contributed by atoms with E-state index in [1.165, 1.54) is 6.20 Å². The molecule has 18 heavy (non-hydrogen) atoms. The molecule has 0 bridgehead atoms. The lowest BCUT2D eigenvalue weighted by molar-refractivity contribution is 0.413. The third-order valence-electron chi connectivity index (χ3n) is 3.02. The zero-order valence-corrected chi connectivity index (χ0v) is 10.6. The van der Waals surface area contributed by atoms with Gasteiger partial charge in [-0.3, -0.25) is 4.79 Å². The molecule has 0 N–H and O–H groups in total. The molecule has 0 unspecified atom stereocenters. The minimum absolute atomic E-state index is 0.123. The van der Waals surface area contributed by atoms with Crippen molar-refractivity contribution in [2.24, 2.45) is 5.41 Å². The molecule has 0 aliphatic heterocycles. The van der Waals surface area contributed by atoms with E-state index in [9.17, 15) is 4.79 Å². The monoisotopic (exact) mass is 241 g/mol. The number of para-hydroxylation sites is 2. The lowest BCUT2D eigenvalue weighted by Crippen LogP contribution is -2.23. The Labute approximate surface area is 106 Å². The van der Waals surface area contributed by atoms with E-state index in [1.807, 2.05) is 38.1 Å². The zero-order chi connectivity index (χ0) is 13.2. The number of benzene rings is 1. The van der Waals surface area contributed by atoms with Gasteiger partial charge in [-0.2, -0.15) is 5.26 Å². The first kappa shape index (κ1) is 12.3. The van der Waals surface area contributed by atoms with Crippen molar-refractivity contribution in [3.63, 3.8) is 0 Å². The molecule has 92 valence electrons. The maximum atomic E-state index is 11.9. The normalized spacial score (nSPS) is 11.4. The fraction of sp³-hybridized carbons (Fsp3) is 0.357. The maximum absolute atomic E-state index is 11.9. The van der Waals surface area contributed by atoms with E-state index in [0.717, 1.165) is 11.0 Å². The Morgan fingerprint density at radius 3 is 2.83 bits per heavy atom. The fourth-order valence-corrected chi connectivity index (χ4v) is 1.79. The van der Waals surface area contributed by atoms with E-state index in [4.69, 9.17) is 5.26 Å². The number of aromatic nitrogens is 2. The lowest BCUT2D eigenvalue weighted by Gasteiger charge is -2.16. The third-order valence-corrected chi connectivity index (χ3v) is 3.02. The first-order chi connectivity index (χ1) is 8.53. The van der Waals surface area contributed by atoms with Crippen molar-refractivity contribution in [2.45, 2.75) is 26.8 Å². The standard InChI is InChI=1S/C14H15N3O/c1-14(2,10-15)7-8-17-12-6-4-3-5-11(12)16-9-13(17)18/h3-6,9H,7-8H2,1-2H3. The number of rotatable bonds is 3. The second kappa shape index (κ2) is 4.61. The minimum Gasteiger partial charge on any atom is -0.305 e. The Hall–Kier alpha value is -2.15. The molecule has 0 spiro atoms. The predicted molar refractivity (Wildman–Crippen MR) is 70.0 cm³/mol. The zero-order valence-electron chi connectivity index (χ0n) is 10.6. The van der Waals surface area contributed by atoms with E-state index in [0.29, 0.717) is 13.0 Å². The van der Waals surface area contributed by atoms with Crippen LogP contribution in [-0.2, 0) is 6.54 Å². The maximum Gasteiger partial charge on any atom is 0.269 e. The van der Waals surface area contributed by atoms with Crippen LogP contribution in [0.4, 0.5) is 0 Å². The van der Waals surface area contributed by atoms with Crippen molar-refractivity contribution in [1.29, 1.82) is 5.26 Å². The van der Waals surface area contributed by atoms with Gasteiger partial charge in [0, 0.05) is 6.54 Å². The van der Waals surface area contributed by atoms with Crippen molar-refractivity contribution in [1.82, 2.24) is 9.55 Å². The molecule has 1 aromatic heterocycles. The molecule has 1 aromatic carbocycles. The topological polar surface area (TPSA) is 58.7 Å². The van der Waals surface area contributed by atoms with Gasteiger partial charge in [-0.05, 0) is 32.4 Å². The molecule has 4 heteroatoms. The molecular formula is C14H15N3O. The van der Waals surface area contributed by atoms with Crippen LogP contribution in [0.1, 0.15) is 20.3 Å². The summed E-state index contributed by atoms with van der Waals surface area (Å²) in [7, 11) is 0. The lowest BCUT2D eigenvalue weighted by atomic mass is 9.91. The van der Waals surface area contributed by atoms with Crippen LogP contribution in [-0.4, -0.2) is 9.55 Å². The second-order valence-corrected chi connectivity index (χ2v) is 4.98. The van der Waals surface area contributed by atoms with Gasteiger partial charge in [-0.15, -0.1) is 0 Å². The summed E-state index contributed by atoms with van der Waals surface area (Å²) in [6.07, 6.45) is 1.97. The highest BCUT2D eigenvalue weighted by molar-refractivity contribution is 5.74. The van der Waals surface area contributed by atoms with E-state index in [1.54, 1.807) is 4.57 Å². The molecule has 1 heterocycles. The molecular weight excluding hydrogens is 226 g/mol. The van der Waals surface area contributed by atoms with Crippen LogP contribution in [0.5, 0.6) is 0 Å². The van der Waals surface area contributed by atoms with Gasteiger partial charge in [0.05, 0.1) is 28.7 Å². The van der Waals surface area contributed by atoms with Crippen LogP contribution in [0, 0.1) is 16.7 Å². The van der Waals surface area contributed by atoms with Crippen molar-refractivity contribution in [2.75, 3.05) is 0 Å². The smallest absolute Gasteiger partial charge is 0.269 e. The average Bonchev–Trinajstić information content (AvgIpc) is 2.37. The van der Waals surface area contributed by atoms with Crippen LogP contribution in [0.3, 0.4) is 0 Å². The summed E-state index contributed by atoms with van der Waals surface area (Å²) in [6.45, 7) is 4.28. The third kappa shape index (κ3) is 2.40. The number of nitriles is 1. The van der Waals surface area contributed by atoms with Crippen molar-refractivity contribution >= 4 is 11.0 Å². The number of hydrogen-bond acceptors (Lipinski definition) is 3.